The summed E-state index contributed by atoms with van der Waals surface area (Å²) >= 11 is 5.90. The van der Waals surface area contributed by atoms with Crippen LogP contribution in [0.15, 0.2) is 6.20 Å². The first-order valence-corrected chi connectivity index (χ1v) is 6.32. The van der Waals surface area contributed by atoms with Crippen molar-refractivity contribution in [1.82, 2.24) is 20.0 Å². The Balaban J connectivity index is 1.78. The first-order valence-electron chi connectivity index (χ1n) is 5.94. The molecule has 0 radical (unpaired) electrons. The van der Waals surface area contributed by atoms with Crippen molar-refractivity contribution in [2.45, 2.75) is 0 Å². The fraction of sp³-hybridized carbons (Fsp3) is 0.636. The minimum Gasteiger partial charge on any atom is -0.379 e. The Morgan fingerprint density at radius 3 is 2.89 bits per heavy atom. The molecule has 0 atom stereocenters. The van der Waals surface area contributed by atoms with Crippen molar-refractivity contribution in [2.75, 3.05) is 39.4 Å². The summed E-state index contributed by atoms with van der Waals surface area (Å²) in [6, 6.07) is 0. The van der Waals surface area contributed by atoms with E-state index in [9.17, 15) is 4.79 Å². The number of hydrogen-bond acceptors (Lipinski definition) is 4. The molecular weight excluding hydrogens is 256 g/mol. The highest BCUT2D eigenvalue weighted by Gasteiger charge is 2.16. The van der Waals surface area contributed by atoms with Crippen molar-refractivity contribution in [3.05, 3.63) is 16.9 Å². The summed E-state index contributed by atoms with van der Waals surface area (Å²) in [6.45, 7) is 4.79. The van der Waals surface area contributed by atoms with Crippen molar-refractivity contribution in [1.29, 1.82) is 0 Å². The second-order valence-corrected chi connectivity index (χ2v) is 4.58. The molecule has 0 unspecified atom stereocenters. The van der Waals surface area contributed by atoms with Crippen LogP contribution in [0.4, 0.5) is 0 Å². The zero-order valence-corrected chi connectivity index (χ0v) is 11.1. The zero-order valence-electron chi connectivity index (χ0n) is 10.4. The van der Waals surface area contributed by atoms with Crippen molar-refractivity contribution in [3.63, 3.8) is 0 Å². The summed E-state index contributed by atoms with van der Waals surface area (Å²) in [5, 5.41) is 7.16. The standard InChI is InChI=1S/C11H17ClN4O2/c1-15-10(9(12)8-14-15)11(17)13-2-3-16-4-6-18-7-5-16/h8H,2-7H2,1H3,(H,13,17). The average molecular weight is 273 g/mol. The number of carbonyl (C=O) groups is 1. The van der Waals surface area contributed by atoms with E-state index < -0.39 is 0 Å². The fourth-order valence-electron chi connectivity index (χ4n) is 1.90. The largest absolute Gasteiger partial charge is 0.379 e. The molecular formula is C11H17ClN4O2. The van der Waals surface area contributed by atoms with Crippen molar-refractivity contribution in [2.24, 2.45) is 7.05 Å². The van der Waals surface area contributed by atoms with Crippen molar-refractivity contribution >= 4 is 17.5 Å². The van der Waals surface area contributed by atoms with Crippen LogP contribution < -0.4 is 5.32 Å². The molecule has 0 spiro atoms. The number of morpholine rings is 1. The molecule has 1 N–H and O–H groups in total. The van der Waals surface area contributed by atoms with E-state index in [-0.39, 0.29) is 5.91 Å². The maximum Gasteiger partial charge on any atom is 0.271 e. The zero-order chi connectivity index (χ0) is 13.0. The molecule has 7 heteroatoms. The molecule has 1 aromatic heterocycles. The van der Waals surface area contributed by atoms with Gasteiger partial charge in [-0.2, -0.15) is 5.10 Å². The number of ether oxygens (including phenoxy) is 1. The summed E-state index contributed by atoms with van der Waals surface area (Å²) < 4.78 is 6.74. The third kappa shape index (κ3) is 3.22. The molecule has 1 aromatic rings. The molecule has 1 aliphatic heterocycles. The second-order valence-electron chi connectivity index (χ2n) is 4.17. The Morgan fingerprint density at radius 1 is 1.56 bits per heavy atom. The van der Waals surface area contributed by atoms with E-state index in [2.05, 4.69) is 15.3 Å². The van der Waals surface area contributed by atoms with Gasteiger partial charge in [-0.1, -0.05) is 11.6 Å². The number of carbonyl (C=O) groups excluding carboxylic acids is 1. The van der Waals surface area contributed by atoms with Gasteiger partial charge in [-0.15, -0.1) is 0 Å². The lowest BCUT2D eigenvalue weighted by molar-refractivity contribution is 0.0383. The van der Waals surface area contributed by atoms with Gasteiger partial charge in [0.05, 0.1) is 24.4 Å². The molecule has 1 saturated heterocycles. The number of amides is 1. The van der Waals surface area contributed by atoms with Gasteiger partial charge in [-0.25, -0.2) is 0 Å². The monoisotopic (exact) mass is 272 g/mol. The SMILES string of the molecule is Cn1ncc(Cl)c1C(=O)NCCN1CCOCC1. The van der Waals surface area contributed by atoms with Crippen molar-refractivity contribution < 1.29 is 9.53 Å². The maximum absolute atomic E-state index is 11.9. The van der Waals surface area contributed by atoms with E-state index in [1.165, 1.54) is 10.9 Å². The number of rotatable bonds is 4. The predicted molar refractivity (Wildman–Crippen MR) is 67.8 cm³/mol. The van der Waals surface area contributed by atoms with Gasteiger partial charge in [0.25, 0.3) is 5.91 Å². The van der Waals surface area contributed by atoms with Gasteiger partial charge in [-0.3, -0.25) is 14.4 Å². The first kappa shape index (κ1) is 13.3. The number of nitrogens with one attached hydrogen (secondary N) is 1. The van der Waals surface area contributed by atoms with Crippen LogP contribution in [-0.2, 0) is 11.8 Å². The maximum atomic E-state index is 11.9. The summed E-state index contributed by atoms with van der Waals surface area (Å²) in [5.74, 6) is -0.187. The van der Waals surface area contributed by atoms with E-state index in [0.29, 0.717) is 17.3 Å². The Kier molecular flexibility index (Phi) is 4.57. The quantitative estimate of drug-likeness (QED) is 0.847. The molecule has 0 saturated carbocycles. The van der Waals surface area contributed by atoms with Crippen LogP contribution in [0.2, 0.25) is 5.02 Å². The highest BCUT2D eigenvalue weighted by atomic mass is 35.5. The molecule has 18 heavy (non-hydrogen) atoms. The molecule has 100 valence electrons. The average Bonchev–Trinajstić information content (AvgIpc) is 2.70. The Morgan fingerprint density at radius 2 is 2.28 bits per heavy atom. The molecule has 6 nitrogen and oxygen atoms in total. The second kappa shape index (κ2) is 6.17. The highest BCUT2D eigenvalue weighted by Crippen LogP contribution is 2.13. The van der Waals surface area contributed by atoms with Gasteiger partial charge >= 0.3 is 0 Å². The van der Waals surface area contributed by atoms with Crippen LogP contribution in [-0.4, -0.2) is 60.0 Å². The summed E-state index contributed by atoms with van der Waals surface area (Å²) in [6.07, 6.45) is 1.47. The number of aromatic nitrogens is 2. The fourth-order valence-corrected chi connectivity index (χ4v) is 2.15. The van der Waals surface area contributed by atoms with Crippen LogP contribution in [0.5, 0.6) is 0 Å². The summed E-state index contributed by atoms with van der Waals surface area (Å²) in [4.78, 5) is 14.1. The molecule has 2 heterocycles. The third-order valence-electron chi connectivity index (χ3n) is 2.93. The minimum absolute atomic E-state index is 0.187. The van der Waals surface area contributed by atoms with Crippen LogP contribution >= 0.6 is 11.6 Å². The van der Waals surface area contributed by atoms with Crippen LogP contribution in [0.25, 0.3) is 0 Å². The van der Waals surface area contributed by atoms with Crippen molar-refractivity contribution in [3.8, 4) is 0 Å². The Hall–Kier alpha value is -1.11. The van der Waals surface area contributed by atoms with Crippen LogP contribution in [0, 0.1) is 0 Å². The van der Waals surface area contributed by atoms with E-state index in [0.717, 1.165) is 32.8 Å². The minimum atomic E-state index is -0.187. The first-order chi connectivity index (χ1) is 8.68. The molecule has 1 fully saturated rings. The van der Waals surface area contributed by atoms with E-state index in [1.807, 2.05) is 0 Å². The molecule has 1 amide bonds. The molecule has 2 rings (SSSR count). The Bertz CT molecular complexity index is 396. The molecule has 0 aromatic carbocycles. The predicted octanol–water partition coefficient (Wildman–Crippen LogP) is 0.135. The van der Waals surface area contributed by atoms with E-state index >= 15 is 0 Å². The molecule has 0 bridgehead atoms. The van der Waals surface area contributed by atoms with Crippen LogP contribution in [0.1, 0.15) is 10.5 Å². The van der Waals surface area contributed by atoms with Gasteiger partial charge in [0, 0.05) is 33.2 Å². The van der Waals surface area contributed by atoms with Gasteiger partial charge in [0.15, 0.2) is 0 Å². The third-order valence-corrected chi connectivity index (χ3v) is 3.20. The van der Waals surface area contributed by atoms with Gasteiger partial charge < -0.3 is 10.1 Å². The lowest BCUT2D eigenvalue weighted by atomic mass is 10.3. The van der Waals surface area contributed by atoms with Gasteiger partial charge in [0.1, 0.15) is 5.69 Å². The Labute approximate surface area is 111 Å². The van der Waals surface area contributed by atoms with E-state index in [4.69, 9.17) is 16.3 Å². The summed E-state index contributed by atoms with van der Waals surface area (Å²) in [5.41, 5.74) is 0.402. The number of nitrogens with zero attached hydrogens (tertiary/aromatic N) is 3. The lowest BCUT2D eigenvalue weighted by Crippen LogP contribution is -2.41. The normalized spacial score (nSPS) is 16.8. The van der Waals surface area contributed by atoms with E-state index in [1.54, 1.807) is 7.05 Å². The lowest BCUT2D eigenvalue weighted by Gasteiger charge is -2.26. The number of hydrogen-bond donors (Lipinski definition) is 1. The smallest absolute Gasteiger partial charge is 0.271 e. The highest BCUT2D eigenvalue weighted by molar-refractivity contribution is 6.33. The van der Waals surface area contributed by atoms with Crippen LogP contribution in [0.3, 0.4) is 0 Å². The molecule has 0 aliphatic carbocycles. The number of halogens is 1. The molecule has 1 aliphatic rings. The summed E-state index contributed by atoms with van der Waals surface area (Å²) in [7, 11) is 1.70. The topological polar surface area (TPSA) is 59.4 Å². The number of aryl methyl sites for hydroxylation is 1. The van der Waals surface area contributed by atoms with Gasteiger partial charge in [0.2, 0.25) is 0 Å². The van der Waals surface area contributed by atoms with Gasteiger partial charge in [-0.05, 0) is 0 Å².